The highest BCUT2D eigenvalue weighted by Gasteiger charge is 2.49. The van der Waals surface area contributed by atoms with Gasteiger partial charge in [0.05, 0.1) is 5.75 Å². The molecule has 1 aromatic heterocycles. The molecule has 12 heteroatoms. The fourth-order valence-electron chi connectivity index (χ4n) is 2.91. The Kier molecular flexibility index (Phi) is 4.72. The van der Waals surface area contributed by atoms with Gasteiger partial charge in [0, 0.05) is 17.3 Å². The molecule has 0 saturated heterocycles. The molecule has 0 radical (unpaired) electrons. The minimum Gasteiger partial charge on any atom is -0.386 e. The van der Waals surface area contributed by atoms with E-state index in [0.29, 0.717) is 0 Å². The summed E-state index contributed by atoms with van der Waals surface area (Å²) in [6.45, 7) is 5.61. The summed E-state index contributed by atoms with van der Waals surface area (Å²) in [5.74, 6) is -4.39. The molecule has 0 fully saturated rings. The second-order valence-electron chi connectivity index (χ2n) is 7.46. The number of rotatable bonds is 3. The molecule has 1 aromatic carbocycles. The number of nitrogens with one attached hydrogen (secondary N) is 1. The number of nitrogens with two attached hydrogens (primary N) is 1. The standard InChI is InChI=1S/C17H19F2N5O4S/c1-8-21-14(28-24-8)13(25)22-9-5-10(12(19)11(18)6-9)17(4)7-29(26,27)16(2,3)15(20)23-17/h5-6H,7H2,1-4H3,(H2,20,23)(H,22,25)/t17-/m0/s1. The van der Waals surface area contributed by atoms with Crippen LogP contribution in [-0.2, 0) is 15.4 Å². The van der Waals surface area contributed by atoms with E-state index >= 15 is 0 Å². The Balaban J connectivity index is 2.06. The first kappa shape index (κ1) is 20.8. The first-order chi connectivity index (χ1) is 13.3. The van der Waals surface area contributed by atoms with Crippen molar-refractivity contribution in [2.75, 3.05) is 11.1 Å². The lowest BCUT2D eigenvalue weighted by Gasteiger charge is -2.38. The molecule has 9 nitrogen and oxygen atoms in total. The number of anilines is 1. The van der Waals surface area contributed by atoms with Crippen LogP contribution >= 0.6 is 0 Å². The highest BCUT2D eigenvalue weighted by Crippen LogP contribution is 2.39. The van der Waals surface area contributed by atoms with E-state index in [0.717, 1.165) is 12.1 Å². The third-order valence-electron chi connectivity index (χ3n) is 4.82. The normalized spacial score (nSPS) is 22.8. The Morgan fingerprint density at radius 2 is 1.93 bits per heavy atom. The summed E-state index contributed by atoms with van der Waals surface area (Å²) in [5.41, 5.74) is 3.65. The summed E-state index contributed by atoms with van der Waals surface area (Å²) in [5, 5.41) is 5.78. The monoisotopic (exact) mass is 427 g/mol. The van der Waals surface area contributed by atoms with Crippen LogP contribution in [0.15, 0.2) is 21.6 Å². The average molecular weight is 427 g/mol. The fourth-order valence-corrected chi connectivity index (χ4v) is 4.59. The number of aliphatic imine (C=N–C) groups is 1. The van der Waals surface area contributed by atoms with Gasteiger partial charge < -0.3 is 15.6 Å². The molecule has 0 aliphatic carbocycles. The third-order valence-corrected chi connectivity index (χ3v) is 7.53. The number of aromatic nitrogens is 2. The van der Waals surface area contributed by atoms with Gasteiger partial charge in [-0.1, -0.05) is 5.16 Å². The highest BCUT2D eigenvalue weighted by molar-refractivity contribution is 7.93. The van der Waals surface area contributed by atoms with Gasteiger partial charge in [-0.2, -0.15) is 4.98 Å². The predicted octanol–water partition coefficient (Wildman–Crippen LogP) is 1.69. The minimum atomic E-state index is -3.84. The number of carbonyl (C=O) groups is 1. The second kappa shape index (κ2) is 6.58. The summed E-state index contributed by atoms with van der Waals surface area (Å²) in [6, 6.07) is 1.85. The number of sulfone groups is 1. The molecule has 1 amide bonds. The van der Waals surface area contributed by atoms with Crippen LogP contribution in [-0.4, -0.2) is 40.8 Å². The molecule has 156 valence electrons. The summed E-state index contributed by atoms with van der Waals surface area (Å²) in [4.78, 5) is 20.1. The molecule has 1 atom stereocenters. The lowest BCUT2D eigenvalue weighted by atomic mass is 9.92. The van der Waals surface area contributed by atoms with Crippen LogP contribution < -0.4 is 11.1 Å². The number of carbonyl (C=O) groups excluding carboxylic acids is 1. The van der Waals surface area contributed by atoms with E-state index in [2.05, 4.69) is 20.4 Å². The van der Waals surface area contributed by atoms with E-state index in [1.54, 1.807) is 0 Å². The second-order valence-corrected chi connectivity index (χ2v) is 10.00. The van der Waals surface area contributed by atoms with Gasteiger partial charge in [-0.05, 0) is 33.8 Å². The van der Waals surface area contributed by atoms with E-state index in [-0.39, 0.29) is 28.8 Å². The third kappa shape index (κ3) is 3.48. The number of aryl methyl sites for hydroxylation is 1. The van der Waals surface area contributed by atoms with Gasteiger partial charge in [-0.15, -0.1) is 0 Å². The van der Waals surface area contributed by atoms with Gasteiger partial charge in [0.15, 0.2) is 27.3 Å². The van der Waals surface area contributed by atoms with Crippen molar-refractivity contribution in [3.05, 3.63) is 41.0 Å². The van der Waals surface area contributed by atoms with E-state index in [1.165, 1.54) is 27.7 Å². The van der Waals surface area contributed by atoms with Crippen molar-refractivity contribution >= 4 is 27.3 Å². The molecule has 0 spiro atoms. The zero-order valence-electron chi connectivity index (χ0n) is 16.1. The van der Waals surface area contributed by atoms with Gasteiger partial charge in [0.2, 0.25) is 0 Å². The number of hydrogen-bond donors (Lipinski definition) is 2. The quantitative estimate of drug-likeness (QED) is 0.759. The van der Waals surface area contributed by atoms with E-state index < -0.39 is 43.4 Å². The summed E-state index contributed by atoms with van der Waals surface area (Å²) >= 11 is 0. The lowest BCUT2D eigenvalue weighted by molar-refractivity contribution is 0.0981. The summed E-state index contributed by atoms with van der Waals surface area (Å²) in [6.07, 6.45) is 0. The van der Waals surface area contributed by atoms with E-state index in [9.17, 15) is 22.0 Å². The first-order valence-electron chi connectivity index (χ1n) is 8.46. The summed E-state index contributed by atoms with van der Waals surface area (Å²) < 4.78 is 57.5. The van der Waals surface area contributed by atoms with E-state index in [4.69, 9.17) is 10.3 Å². The molecule has 0 unspecified atom stereocenters. The number of benzene rings is 1. The van der Waals surface area contributed by atoms with Crippen LogP contribution in [0, 0.1) is 18.6 Å². The van der Waals surface area contributed by atoms with Crippen LogP contribution in [0.1, 0.15) is 42.8 Å². The van der Waals surface area contributed by atoms with Gasteiger partial charge in [-0.3, -0.25) is 9.79 Å². The van der Waals surface area contributed by atoms with Crippen LogP contribution in [0.25, 0.3) is 0 Å². The van der Waals surface area contributed by atoms with Crippen LogP contribution in [0.4, 0.5) is 14.5 Å². The largest absolute Gasteiger partial charge is 0.386 e. The van der Waals surface area contributed by atoms with Crippen molar-refractivity contribution in [3.63, 3.8) is 0 Å². The Morgan fingerprint density at radius 1 is 1.28 bits per heavy atom. The van der Waals surface area contributed by atoms with Crippen molar-refractivity contribution in [2.45, 2.75) is 38.0 Å². The number of amides is 1. The minimum absolute atomic E-state index is 0.142. The van der Waals surface area contributed by atoms with Crippen molar-refractivity contribution in [1.82, 2.24) is 10.1 Å². The maximum atomic E-state index is 14.6. The van der Waals surface area contributed by atoms with Gasteiger partial charge in [0.25, 0.3) is 0 Å². The first-order valence-corrected chi connectivity index (χ1v) is 10.1. The van der Waals surface area contributed by atoms with Crippen molar-refractivity contribution < 1.29 is 26.5 Å². The van der Waals surface area contributed by atoms with Gasteiger partial charge in [0.1, 0.15) is 16.1 Å². The number of nitrogens with zero attached hydrogens (tertiary/aromatic N) is 3. The molecule has 2 aromatic rings. The number of halogens is 2. The molecular formula is C17H19F2N5O4S. The van der Waals surface area contributed by atoms with Crippen LogP contribution in [0.2, 0.25) is 0 Å². The molecule has 3 rings (SSSR count). The predicted molar refractivity (Wildman–Crippen MR) is 100 cm³/mol. The number of amidine groups is 1. The molecule has 0 saturated carbocycles. The van der Waals surface area contributed by atoms with Crippen molar-refractivity contribution in [2.24, 2.45) is 10.7 Å². The maximum absolute atomic E-state index is 14.6. The molecule has 1 aliphatic heterocycles. The van der Waals surface area contributed by atoms with Gasteiger partial charge in [-0.25, -0.2) is 17.2 Å². The SMILES string of the molecule is Cc1noc(C(=O)Nc2cc(F)c(F)c([C@]3(C)CS(=O)(=O)C(C)(C)C(N)=N3)c2)n1. The van der Waals surface area contributed by atoms with Crippen LogP contribution in [0.3, 0.4) is 0 Å². The molecule has 29 heavy (non-hydrogen) atoms. The van der Waals surface area contributed by atoms with E-state index in [1.807, 2.05) is 0 Å². The molecule has 3 N–H and O–H groups in total. The van der Waals surface area contributed by atoms with Gasteiger partial charge >= 0.3 is 11.8 Å². The zero-order chi connectivity index (χ0) is 21.8. The van der Waals surface area contributed by atoms with Crippen molar-refractivity contribution in [1.29, 1.82) is 0 Å². The molecule has 0 bridgehead atoms. The smallest absolute Gasteiger partial charge is 0.316 e. The Bertz CT molecular complexity index is 1140. The van der Waals surface area contributed by atoms with Crippen LogP contribution in [0.5, 0.6) is 0 Å². The average Bonchev–Trinajstić information content (AvgIpc) is 3.02. The highest BCUT2D eigenvalue weighted by atomic mass is 32.2. The zero-order valence-corrected chi connectivity index (χ0v) is 16.9. The molecule has 2 heterocycles. The fraction of sp³-hybridized carbons (Fsp3) is 0.412. The summed E-state index contributed by atoms with van der Waals surface area (Å²) in [7, 11) is -3.84. The molecule has 1 aliphatic rings. The lowest BCUT2D eigenvalue weighted by Crippen LogP contribution is -2.55. The number of hydrogen-bond acceptors (Lipinski definition) is 8. The topological polar surface area (TPSA) is 141 Å². The molecular weight excluding hydrogens is 408 g/mol. The Hall–Kier alpha value is -2.89. The maximum Gasteiger partial charge on any atom is 0.316 e. The Labute approximate surface area is 165 Å². The van der Waals surface area contributed by atoms with Crippen molar-refractivity contribution in [3.8, 4) is 0 Å². The Morgan fingerprint density at radius 3 is 2.48 bits per heavy atom.